The molecule has 0 spiro atoms. The fourth-order valence-corrected chi connectivity index (χ4v) is 1.48. The maximum Gasteiger partial charge on any atom is 0.354 e. The van der Waals surface area contributed by atoms with Crippen LogP contribution in [0.25, 0.3) is 0 Å². The van der Waals surface area contributed by atoms with E-state index in [4.69, 9.17) is 9.84 Å². The lowest BCUT2D eigenvalue weighted by Crippen LogP contribution is -2.01. The molecule has 18 heavy (non-hydrogen) atoms. The van der Waals surface area contributed by atoms with Gasteiger partial charge in [0.15, 0.2) is 0 Å². The van der Waals surface area contributed by atoms with E-state index in [1.807, 2.05) is 12.1 Å². The first-order valence-corrected chi connectivity index (χ1v) is 5.87. The van der Waals surface area contributed by atoms with Gasteiger partial charge in [0.2, 0.25) is 0 Å². The predicted molar refractivity (Wildman–Crippen MR) is 67.5 cm³/mol. The highest BCUT2D eigenvalue weighted by Crippen LogP contribution is 2.12. The van der Waals surface area contributed by atoms with Gasteiger partial charge in [0.05, 0.1) is 11.9 Å². The van der Waals surface area contributed by atoms with Gasteiger partial charge in [-0.2, -0.15) is 0 Å². The number of halogens is 1. The highest BCUT2D eigenvalue weighted by Gasteiger charge is 2.04. The third-order valence-electron chi connectivity index (χ3n) is 2.13. The number of carbonyl (C=O) groups is 1. The molecule has 2 aromatic rings. The Hall–Kier alpha value is -1.95. The zero-order valence-electron chi connectivity index (χ0n) is 9.21. The van der Waals surface area contributed by atoms with Gasteiger partial charge in [-0.05, 0) is 40.2 Å². The zero-order chi connectivity index (χ0) is 13.0. The molecule has 2 heterocycles. The summed E-state index contributed by atoms with van der Waals surface area (Å²) < 4.78 is 6.34. The summed E-state index contributed by atoms with van der Waals surface area (Å²) >= 11 is 3.29. The smallest absolute Gasteiger partial charge is 0.354 e. The molecule has 0 saturated carbocycles. The van der Waals surface area contributed by atoms with Gasteiger partial charge in [-0.15, -0.1) is 0 Å². The minimum Gasteiger partial charge on any atom is -0.486 e. The number of ether oxygens (including phenoxy) is 1. The Labute approximate surface area is 112 Å². The highest BCUT2D eigenvalue weighted by molar-refractivity contribution is 9.10. The molecule has 0 radical (unpaired) electrons. The van der Waals surface area contributed by atoms with Crippen LogP contribution < -0.4 is 4.74 Å². The van der Waals surface area contributed by atoms with Gasteiger partial charge in [-0.1, -0.05) is 0 Å². The number of nitrogens with zero attached hydrogens (tertiary/aromatic N) is 2. The van der Waals surface area contributed by atoms with E-state index >= 15 is 0 Å². The van der Waals surface area contributed by atoms with Gasteiger partial charge >= 0.3 is 5.97 Å². The van der Waals surface area contributed by atoms with Crippen molar-refractivity contribution in [2.24, 2.45) is 0 Å². The average Bonchev–Trinajstić information content (AvgIpc) is 2.38. The monoisotopic (exact) mass is 308 g/mol. The molecule has 92 valence electrons. The fourth-order valence-electron chi connectivity index (χ4n) is 1.24. The Kier molecular flexibility index (Phi) is 3.88. The van der Waals surface area contributed by atoms with Crippen molar-refractivity contribution in [3.8, 4) is 5.75 Å². The molecule has 1 N–H and O–H groups in total. The second-order valence-electron chi connectivity index (χ2n) is 3.44. The maximum atomic E-state index is 10.6. The van der Waals surface area contributed by atoms with E-state index in [0.717, 1.165) is 10.2 Å². The van der Waals surface area contributed by atoms with Crippen molar-refractivity contribution in [2.45, 2.75) is 6.61 Å². The van der Waals surface area contributed by atoms with Crippen molar-refractivity contribution in [1.82, 2.24) is 9.97 Å². The molecule has 0 saturated heterocycles. The van der Waals surface area contributed by atoms with E-state index < -0.39 is 5.97 Å². The Morgan fingerprint density at radius 3 is 2.61 bits per heavy atom. The molecule has 2 rings (SSSR count). The SMILES string of the molecule is O=C(O)c1ccc(OCc2ccc(Br)cn2)cn1. The van der Waals surface area contributed by atoms with Crippen LogP contribution in [0.3, 0.4) is 0 Å². The van der Waals surface area contributed by atoms with Crippen LogP contribution in [0.2, 0.25) is 0 Å². The van der Waals surface area contributed by atoms with Crippen molar-refractivity contribution >= 4 is 21.9 Å². The van der Waals surface area contributed by atoms with Gasteiger partial charge in [0.25, 0.3) is 0 Å². The summed E-state index contributed by atoms with van der Waals surface area (Å²) in [6.45, 7) is 0.307. The summed E-state index contributed by atoms with van der Waals surface area (Å²) in [6.07, 6.45) is 3.06. The normalized spacial score (nSPS) is 10.1. The molecule has 2 aromatic heterocycles. The van der Waals surface area contributed by atoms with Crippen LogP contribution in [0.1, 0.15) is 16.2 Å². The number of aromatic carboxylic acids is 1. The predicted octanol–water partition coefficient (Wildman–Crippen LogP) is 2.52. The number of rotatable bonds is 4. The molecule has 0 amide bonds. The van der Waals surface area contributed by atoms with Crippen molar-refractivity contribution in [2.75, 3.05) is 0 Å². The maximum absolute atomic E-state index is 10.6. The molecule has 0 unspecified atom stereocenters. The minimum atomic E-state index is -1.06. The molecule has 0 bridgehead atoms. The molecule has 0 aliphatic carbocycles. The largest absolute Gasteiger partial charge is 0.486 e. The van der Waals surface area contributed by atoms with E-state index in [2.05, 4.69) is 25.9 Å². The molecule has 0 fully saturated rings. The standard InChI is InChI=1S/C12H9BrN2O3/c13-8-1-2-9(14-5-8)7-18-10-3-4-11(12(16)17)15-6-10/h1-6H,7H2,(H,16,17). The van der Waals surface area contributed by atoms with E-state index in [9.17, 15) is 4.79 Å². The number of carboxylic acids is 1. The fraction of sp³-hybridized carbons (Fsp3) is 0.0833. The van der Waals surface area contributed by atoms with Crippen molar-refractivity contribution < 1.29 is 14.6 Å². The van der Waals surface area contributed by atoms with Gasteiger partial charge in [0.1, 0.15) is 18.1 Å². The van der Waals surface area contributed by atoms with Crippen LogP contribution >= 0.6 is 15.9 Å². The molecule has 5 nitrogen and oxygen atoms in total. The number of carboxylic acid groups (broad SMARTS) is 1. The molecule has 6 heteroatoms. The first-order valence-electron chi connectivity index (χ1n) is 5.08. The molecular formula is C12H9BrN2O3. The number of hydrogen-bond donors (Lipinski definition) is 1. The van der Waals surface area contributed by atoms with Crippen molar-refractivity contribution in [1.29, 1.82) is 0 Å². The quantitative estimate of drug-likeness (QED) is 0.939. The number of aromatic nitrogens is 2. The van der Waals surface area contributed by atoms with E-state index in [0.29, 0.717) is 12.4 Å². The first kappa shape index (κ1) is 12.5. The minimum absolute atomic E-state index is 0.0101. The Morgan fingerprint density at radius 1 is 1.22 bits per heavy atom. The molecule has 0 atom stereocenters. The zero-order valence-corrected chi connectivity index (χ0v) is 10.8. The molecule has 0 aromatic carbocycles. The highest BCUT2D eigenvalue weighted by atomic mass is 79.9. The second-order valence-corrected chi connectivity index (χ2v) is 4.36. The van der Waals surface area contributed by atoms with Gasteiger partial charge < -0.3 is 9.84 Å². The summed E-state index contributed by atoms with van der Waals surface area (Å²) in [4.78, 5) is 18.5. The number of hydrogen-bond acceptors (Lipinski definition) is 4. The third kappa shape index (κ3) is 3.27. The van der Waals surface area contributed by atoms with Crippen LogP contribution in [-0.4, -0.2) is 21.0 Å². The Bertz CT molecular complexity index is 540. The molecular weight excluding hydrogens is 300 g/mol. The first-order chi connectivity index (χ1) is 8.65. The van der Waals surface area contributed by atoms with E-state index in [-0.39, 0.29) is 5.69 Å². The molecule has 0 aliphatic rings. The topological polar surface area (TPSA) is 72.3 Å². The lowest BCUT2D eigenvalue weighted by Gasteiger charge is -2.05. The Balaban J connectivity index is 1.97. The van der Waals surface area contributed by atoms with Crippen LogP contribution in [0.5, 0.6) is 5.75 Å². The van der Waals surface area contributed by atoms with E-state index in [1.54, 1.807) is 12.3 Å². The van der Waals surface area contributed by atoms with Crippen LogP contribution in [-0.2, 0) is 6.61 Å². The van der Waals surface area contributed by atoms with Gasteiger partial charge in [-0.25, -0.2) is 9.78 Å². The van der Waals surface area contributed by atoms with Crippen LogP contribution in [0.15, 0.2) is 41.1 Å². The van der Waals surface area contributed by atoms with Crippen molar-refractivity contribution in [3.63, 3.8) is 0 Å². The van der Waals surface area contributed by atoms with Crippen LogP contribution in [0.4, 0.5) is 0 Å². The van der Waals surface area contributed by atoms with E-state index in [1.165, 1.54) is 12.3 Å². The van der Waals surface area contributed by atoms with Gasteiger partial charge in [-0.3, -0.25) is 4.98 Å². The van der Waals surface area contributed by atoms with Crippen LogP contribution in [0, 0.1) is 0 Å². The number of pyridine rings is 2. The lowest BCUT2D eigenvalue weighted by molar-refractivity contribution is 0.0690. The summed E-state index contributed by atoms with van der Waals surface area (Å²) in [5.41, 5.74) is 0.768. The summed E-state index contributed by atoms with van der Waals surface area (Å²) in [5.74, 6) is -0.555. The second kappa shape index (κ2) is 5.59. The lowest BCUT2D eigenvalue weighted by atomic mass is 10.3. The van der Waals surface area contributed by atoms with Crippen molar-refractivity contribution in [3.05, 3.63) is 52.5 Å². The third-order valence-corrected chi connectivity index (χ3v) is 2.60. The van der Waals surface area contributed by atoms with Gasteiger partial charge in [0, 0.05) is 10.7 Å². The average molecular weight is 309 g/mol. The molecule has 0 aliphatic heterocycles. The summed E-state index contributed by atoms with van der Waals surface area (Å²) in [5, 5.41) is 8.69. The summed E-state index contributed by atoms with van der Waals surface area (Å²) in [6, 6.07) is 6.67. The Morgan fingerprint density at radius 2 is 2.06 bits per heavy atom. The summed E-state index contributed by atoms with van der Waals surface area (Å²) in [7, 11) is 0.